The molecule has 0 bridgehead atoms. The van der Waals surface area contributed by atoms with E-state index in [0.717, 1.165) is 27.2 Å². The quantitative estimate of drug-likeness (QED) is 0.473. The Morgan fingerprint density at radius 3 is 2.74 bits per heavy atom. The molecule has 0 saturated carbocycles. The lowest BCUT2D eigenvalue weighted by Gasteiger charge is -2.26. The number of fused-ring (bicyclic) bond motifs is 4. The highest BCUT2D eigenvalue weighted by atomic mass is 16.7. The molecule has 5 heteroatoms. The molecule has 112 valence electrons. The van der Waals surface area contributed by atoms with Crippen molar-refractivity contribution in [2.24, 2.45) is 0 Å². The van der Waals surface area contributed by atoms with Crippen molar-refractivity contribution in [2.75, 3.05) is 18.7 Å². The third kappa shape index (κ3) is 1.41. The number of rotatable bonds is 0. The van der Waals surface area contributed by atoms with Gasteiger partial charge in [-0.05, 0) is 28.3 Å². The first-order valence-electron chi connectivity index (χ1n) is 7.27. The maximum Gasteiger partial charge on any atom is 0.299 e. The Morgan fingerprint density at radius 1 is 1.04 bits per heavy atom. The molecule has 0 N–H and O–H groups in total. The minimum Gasteiger partial charge on any atom is -0.454 e. The van der Waals surface area contributed by atoms with Crippen LogP contribution in [-0.4, -0.2) is 25.5 Å². The van der Waals surface area contributed by atoms with E-state index < -0.39 is 11.7 Å². The van der Waals surface area contributed by atoms with Crippen molar-refractivity contribution < 1.29 is 19.1 Å². The second-order valence-electron chi connectivity index (χ2n) is 5.72. The summed E-state index contributed by atoms with van der Waals surface area (Å²) in [7, 11) is 1.62. The summed E-state index contributed by atoms with van der Waals surface area (Å²) in [6.45, 7) is 0.0588. The molecule has 0 atom stereocenters. The van der Waals surface area contributed by atoms with Crippen LogP contribution >= 0.6 is 0 Å². The number of benzene rings is 3. The molecule has 3 aromatic carbocycles. The monoisotopic (exact) mass is 305 g/mol. The number of likely N-dealkylation sites (N-methyl/N-ethyl adjacent to an activating group) is 1. The Hall–Kier alpha value is -3.08. The van der Waals surface area contributed by atoms with Crippen LogP contribution in [-0.2, 0) is 4.79 Å². The second kappa shape index (κ2) is 4.01. The molecule has 0 radical (unpaired) electrons. The summed E-state index contributed by atoms with van der Waals surface area (Å²) in [5.74, 6) is -0.221. The molecule has 0 fully saturated rings. The molecular formula is C18H11NO4. The van der Waals surface area contributed by atoms with Crippen molar-refractivity contribution in [1.29, 1.82) is 0 Å². The number of nitrogens with zero attached hydrogens (tertiary/aromatic N) is 1. The van der Waals surface area contributed by atoms with Crippen LogP contribution in [0, 0.1) is 0 Å². The van der Waals surface area contributed by atoms with Crippen molar-refractivity contribution in [2.45, 2.75) is 0 Å². The van der Waals surface area contributed by atoms with Gasteiger partial charge < -0.3 is 14.4 Å². The van der Waals surface area contributed by atoms with Crippen LogP contribution in [0.15, 0.2) is 36.4 Å². The number of amides is 1. The molecule has 3 aromatic rings. The molecule has 2 aliphatic rings. The lowest BCUT2D eigenvalue weighted by molar-refractivity contribution is -0.114. The molecule has 5 nitrogen and oxygen atoms in total. The van der Waals surface area contributed by atoms with E-state index in [1.807, 2.05) is 36.4 Å². The van der Waals surface area contributed by atoms with Crippen LogP contribution in [0.3, 0.4) is 0 Å². The van der Waals surface area contributed by atoms with Gasteiger partial charge in [0.2, 0.25) is 6.79 Å². The number of carbonyl (C=O) groups is 2. The Bertz CT molecular complexity index is 1050. The average Bonchev–Trinajstić information content (AvgIpc) is 3.04. The molecular weight excluding hydrogens is 294 g/mol. The van der Waals surface area contributed by atoms with E-state index in [9.17, 15) is 9.59 Å². The van der Waals surface area contributed by atoms with Gasteiger partial charge in [-0.3, -0.25) is 9.59 Å². The van der Waals surface area contributed by atoms with Gasteiger partial charge in [0.05, 0.1) is 11.3 Å². The van der Waals surface area contributed by atoms with Gasteiger partial charge in [-0.2, -0.15) is 0 Å². The Kier molecular flexibility index (Phi) is 2.17. The topological polar surface area (TPSA) is 55.8 Å². The van der Waals surface area contributed by atoms with E-state index in [1.165, 1.54) is 4.90 Å². The smallest absolute Gasteiger partial charge is 0.299 e. The molecule has 2 heterocycles. The minimum absolute atomic E-state index is 0.0588. The first-order valence-corrected chi connectivity index (χ1v) is 7.27. The van der Waals surface area contributed by atoms with Crippen molar-refractivity contribution in [3.63, 3.8) is 0 Å². The van der Waals surface area contributed by atoms with Crippen molar-refractivity contribution in [3.05, 3.63) is 42.0 Å². The number of Topliss-reactive ketones (excluding diaryl/α,β-unsaturated/α-hetero) is 1. The molecule has 0 aromatic heterocycles. The fourth-order valence-electron chi connectivity index (χ4n) is 3.46. The lowest BCUT2D eigenvalue weighted by atomic mass is 9.90. The maximum atomic E-state index is 12.6. The third-order valence-corrected chi connectivity index (χ3v) is 4.55. The number of anilines is 1. The van der Waals surface area contributed by atoms with E-state index >= 15 is 0 Å². The number of ether oxygens (including phenoxy) is 2. The van der Waals surface area contributed by atoms with Gasteiger partial charge in [0.25, 0.3) is 11.7 Å². The average molecular weight is 305 g/mol. The molecule has 0 aliphatic carbocycles. The normalized spacial score (nSPS) is 15.8. The van der Waals surface area contributed by atoms with E-state index in [4.69, 9.17) is 9.47 Å². The van der Waals surface area contributed by atoms with E-state index in [1.54, 1.807) is 7.05 Å². The zero-order valence-corrected chi connectivity index (χ0v) is 12.3. The van der Waals surface area contributed by atoms with Crippen LogP contribution in [0.25, 0.3) is 21.5 Å². The SMILES string of the molecule is CN1C(=O)C(=O)c2c3c(cc4c2c1cc1ccccc14)OCO3. The summed E-state index contributed by atoms with van der Waals surface area (Å²) in [6.07, 6.45) is 0. The Balaban J connectivity index is 2.09. The van der Waals surface area contributed by atoms with Gasteiger partial charge in [0.15, 0.2) is 11.5 Å². The molecule has 0 spiro atoms. The lowest BCUT2D eigenvalue weighted by Crippen LogP contribution is -2.37. The first-order chi connectivity index (χ1) is 11.2. The maximum absolute atomic E-state index is 12.6. The molecule has 0 saturated heterocycles. The van der Waals surface area contributed by atoms with Crippen LogP contribution in [0.2, 0.25) is 0 Å². The van der Waals surface area contributed by atoms with Crippen molar-refractivity contribution in [3.8, 4) is 11.5 Å². The zero-order valence-electron chi connectivity index (χ0n) is 12.3. The highest BCUT2D eigenvalue weighted by Crippen LogP contribution is 2.48. The number of ketones is 1. The minimum atomic E-state index is -0.557. The predicted molar refractivity (Wildman–Crippen MR) is 85.3 cm³/mol. The molecule has 0 unspecified atom stereocenters. The van der Waals surface area contributed by atoms with Gasteiger partial charge >= 0.3 is 0 Å². The van der Waals surface area contributed by atoms with Crippen molar-refractivity contribution >= 4 is 38.9 Å². The Labute approximate surface area is 131 Å². The first kappa shape index (κ1) is 12.5. The van der Waals surface area contributed by atoms with Crippen LogP contribution < -0.4 is 14.4 Å². The van der Waals surface area contributed by atoms with Gasteiger partial charge in [0.1, 0.15) is 0 Å². The summed E-state index contributed by atoms with van der Waals surface area (Å²) in [5, 5.41) is 3.67. The second-order valence-corrected chi connectivity index (χ2v) is 5.72. The summed E-state index contributed by atoms with van der Waals surface area (Å²) < 4.78 is 10.9. The number of carbonyl (C=O) groups excluding carboxylic acids is 2. The fourth-order valence-corrected chi connectivity index (χ4v) is 3.46. The summed E-state index contributed by atoms with van der Waals surface area (Å²) in [6, 6.07) is 11.7. The number of hydrogen-bond acceptors (Lipinski definition) is 4. The number of hydrogen-bond donors (Lipinski definition) is 0. The third-order valence-electron chi connectivity index (χ3n) is 4.55. The highest BCUT2D eigenvalue weighted by molar-refractivity contribution is 6.53. The summed E-state index contributed by atoms with van der Waals surface area (Å²) in [5.41, 5.74) is 1.04. The van der Waals surface area contributed by atoms with Gasteiger partial charge in [-0.25, -0.2) is 0 Å². The van der Waals surface area contributed by atoms with Gasteiger partial charge in [0, 0.05) is 12.4 Å². The highest BCUT2D eigenvalue weighted by Gasteiger charge is 2.37. The molecule has 1 amide bonds. The van der Waals surface area contributed by atoms with E-state index in [-0.39, 0.29) is 6.79 Å². The standard InChI is InChI=1S/C18H11NO4/c1-19-12-6-9-4-2-3-5-10(9)11-7-13-17(23-8-22-13)15(14(11)12)16(20)18(19)21/h2-7H,8H2,1H3. The van der Waals surface area contributed by atoms with Crippen LogP contribution in [0.4, 0.5) is 5.69 Å². The predicted octanol–water partition coefficient (Wildman–Crippen LogP) is 2.88. The largest absolute Gasteiger partial charge is 0.454 e. The van der Waals surface area contributed by atoms with Gasteiger partial charge in [-0.1, -0.05) is 24.3 Å². The van der Waals surface area contributed by atoms with Crippen molar-refractivity contribution in [1.82, 2.24) is 0 Å². The molecule has 2 aliphatic heterocycles. The van der Waals surface area contributed by atoms with Crippen LogP contribution in [0.5, 0.6) is 11.5 Å². The Morgan fingerprint density at radius 2 is 1.87 bits per heavy atom. The zero-order chi connectivity index (χ0) is 15.7. The molecule has 5 rings (SSSR count). The summed E-state index contributed by atoms with van der Waals surface area (Å²) in [4.78, 5) is 26.3. The molecule has 23 heavy (non-hydrogen) atoms. The van der Waals surface area contributed by atoms with Gasteiger partial charge in [-0.15, -0.1) is 0 Å². The van der Waals surface area contributed by atoms with E-state index in [2.05, 4.69) is 0 Å². The van der Waals surface area contributed by atoms with E-state index in [0.29, 0.717) is 17.1 Å². The summed E-state index contributed by atoms with van der Waals surface area (Å²) >= 11 is 0. The van der Waals surface area contributed by atoms with Crippen LogP contribution in [0.1, 0.15) is 10.4 Å². The fraction of sp³-hybridized carbons (Fsp3) is 0.111.